The van der Waals surface area contributed by atoms with Gasteiger partial charge in [0, 0.05) is 30.6 Å². The Morgan fingerprint density at radius 1 is 1.58 bits per heavy atom. The third-order valence-corrected chi connectivity index (χ3v) is 4.72. The first-order chi connectivity index (χ1) is 9.10. The van der Waals surface area contributed by atoms with Crippen LogP contribution in [0.1, 0.15) is 29.3 Å². The number of thioether (sulfide) groups is 1. The molecule has 1 aromatic rings. The van der Waals surface area contributed by atoms with Gasteiger partial charge in [0.25, 0.3) is 0 Å². The molecule has 0 amide bonds. The highest BCUT2D eigenvalue weighted by molar-refractivity contribution is 8.00. The monoisotopic (exact) mass is 283 g/mol. The number of carbonyl (C=O) groups is 1. The number of aromatic carboxylic acids is 1. The van der Waals surface area contributed by atoms with Crippen LogP contribution in [-0.2, 0) is 6.54 Å². The van der Waals surface area contributed by atoms with E-state index in [-0.39, 0.29) is 5.56 Å². The van der Waals surface area contributed by atoms with E-state index in [1.807, 2.05) is 11.8 Å². The Hall–Kier alpha value is -1.07. The van der Waals surface area contributed by atoms with Crippen molar-refractivity contribution in [1.82, 2.24) is 4.90 Å². The second kappa shape index (κ2) is 6.39. The smallest absolute Gasteiger partial charge is 0.338 e. The molecular formula is C14H18FNO2S. The summed E-state index contributed by atoms with van der Waals surface area (Å²) in [6.45, 7) is 4.89. The maximum atomic E-state index is 13.6. The number of hydrogen-bond donors (Lipinski definition) is 1. The quantitative estimate of drug-likeness (QED) is 0.922. The lowest BCUT2D eigenvalue weighted by Gasteiger charge is -2.31. The third-order valence-electron chi connectivity index (χ3n) is 3.35. The van der Waals surface area contributed by atoms with Gasteiger partial charge in [-0.3, -0.25) is 4.90 Å². The van der Waals surface area contributed by atoms with Crippen LogP contribution in [0.3, 0.4) is 0 Å². The topological polar surface area (TPSA) is 40.5 Å². The van der Waals surface area contributed by atoms with Gasteiger partial charge in [0.05, 0.1) is 5.56 Å². The molecule has 104 valence electrons. The number of halogens is 1. The van der Waals surface area contributed by atoms with E-state index in [2.05, 4.69) is 11.8 Å². The van der Waals surface area contributed by atoms with E-state index in [1.54, 1.807) is 6.07 Å². The van der Waals surface area contributed by atoms with Crippen LogP contribution in [0.4, 0.5) is 4.39 Å². The second-order valence-electron chi connectivity index (χ2n) is 4.76. The maximum Gasteiger partial charge on any atom is 0.338 e. The van der Waals surface area contributed by atoms with Crippen molar-refractivity contribution in [3.05, 3.63) is 35.1 Å². The van der Waals surface area contributed by atoms with Crippen LogP contribution in [0, 0.1) is 5.82 Å². The van der Waals surface area contributed by atoms with E-state index in [1.165, 1.54) is 12.1 Å². The third kappa shape index (κ3) is 3.70. The molecule has 1 aromatic carbocycles. The molecule has 1 N–H and O–H groups in total. The van der Waals surface area contributed by atoms with Crippen LogP contribution < -0.4 is 0 Å². The van der Waals surface area contributed by atoms with E-state index in [4.69, 9.17) is 5.11 Å². The van der Waals surface area contributed by atoms with Gasteiger partial charge in [-0.25, -0.2) is 9.18 Å². The normalized spacial score (nSPS) is 20.4. The maximum absolute atomic E-state index is 13.6. The van der Waals surface area contributed by atoms with E-state index in [0.29, 0.717) is 11.8 Å². The van der Waals surface area contributed by atoms with Crippen molar-refractivity contribution < 1.29 is 14.3 Å². The van der Waals surface area contributed by atoms with Crippen molar-refractivity contribution >= 4 is 17.7 Å². The molecule has 0 bridgehead atoms. The van der Waals surface area contributed by atoms with Gasteiger partial charge in [0.1, 0.15) is 5.82 Å². The van der Waals surface area contributed by atoms with Crippen molar-refractivity contribution in [3.8, 4) is 0 Å². The van der Waals surface area contributed by atoms with Crippen LogP contribution in [0.5, 0.6) is 0 Å². The van der Waals surface area contributed by atoms with Gasteiger partial charge in [0.15, 0.2) is 0 Å². The minimum Gasteiger partial charge on any atom is -0.478 e. The molecule has 1 aliphatic rings. The molecule has 3 nitrogen and oxygen atoms in total. The minimum absolute atomic E-state index is 0.260. The standard InChI is InChI=1S/C14H18FNO2S/c1-2-11-9-16(5-6-19-11)8-10-3-4-12(14(17)18)13(15)7-10/h3-4,7,11H,2,5-6,8-9H2,1H3,(H,17,18). The first-order valence-corrected chi connectivity index (χ1v) is 7.50. The van der Waals surface area contributed by atoms with E-state index >= 15 is 0 Å². The van der Waals surface area contributed by atoms with Gasteiger partial charge >= 0.3 is 5.97 Å². The Balaban J connectivity index is 2.03. The van der Waals surface area contributed by atoms with E-state index < -0.39 is 11.8 Å². The number of hydrogen-bond acceptors (Lipinski definition) is 3. The van der Waals surface area contributed by atoms with Gasteiger partial charge in [-0.2, -0.15) is 11.8 Å². The SMILES string of the molecule is CCC1CN(Cc2ccc(C(=O)O)c(F)c2)CCS1. The van der Waals surface area contributed by atoms with Gasteiger partial charge in [-0.15, -0.1) is 0 Å². The summed E-state index contributed by atoms with van der Waals surface area (Å²) in [6.07, 6.45) is 1.15. The van der Waals surface area contributed by atoms with E-state index in [9.17, 15) is 9.18 Å². The molecule has 5 heteroatoms. The molecule has 0 aliphatic carbocycles. The Morgan fingerprint density at radius 3 is 3.00 bits per heavy atom. The molecule has 0 spiro atoms. The van der Waals surface area contributed by atoms with Crippen molar-refractivity contribution in [2.75, 3.05) is 18.8 Å². The molecule has 1 fully saturated rings. The van der Waals surface area contributed by atoms with Crippen LogP contribution in [0.25, 0.3) is 0 Å². The molecule has 1 unspecified atom stereocenters. The fraction of sp³-hybridized carbons (Fsp3) is 0.500. The van der Waals surface area contributed by atoms with Crippen LogP contribution in [0.15, 0.2) is 18.2 Å². The number of nitrogens with zero attached hydrogens (tertiary/aromatic N) is 1. The first kappa shape index (κ1) is 14.3. The van der Waals surface area contributed by atoms with Gasteiger partial charge in [-0.05, 0) is 24.1 Å². The summed E-state index contributed by atoms with van der Waals surface area (Å²) in [5.41, 5.74) is 0.577. The highest BCUT2D eigenvalue weighted by Gasteiger charge is 2.19. The summed E-state index contributed by atoms with van der Waals surface area (Å²) in [7, 11) is 0. The minimum atomic E-state index is -1.22. The van der Waals surface area contributed by atoms with Gasteiger partial charge in [-0.1, -0.05) is 13.0 Å². The number of carboxylic acid groups (broad SMARTS) is 1. The fourth-order valence-corrected chi connectivity index (χ4v) is 3.51. The summed E-state index contributed by atoms with van der Waals surface area (Å²) in [5, 5.41) is 9.44. The molecule has 1 heterocycles. The largest absolute Gasteiger partial charge is 0.478 e. The first-order valence-electron chi connectivity index (χ1n) is 6.45. The molecule has 0 aromatic heterocycles. The van der Waals surface area contributed by atoms with Crippen molar-refractivity contribution in [3.63, 3.8) is 0 Å². The lowest BCUT2D eigenvalue weighted by atomic mass is 10.1. The van der Waals surface area contributed by atoms with Crippen molar-refractivity contribution in [1.29, 1.82) is 0 Å². The zero-order chi connectivity index (χ0) is 13.8. The van der Waals surface area contributed by atoms with Crippen LogP contribution in [-0.4, -0.2) is 40.1 Å². The average molecular weight is 283 g/mol. The number of carboxylic acids is 1. The van der Waals surface area contributed by atoms with Gasteiger partial charge < -0.3 is 5.11 Å². The van der Waals surface area contributed by atoms with Gasteiger partial charge in [0.2, 0.25) is 0 Å². The Labute approximate surface area is 116 Å². The summed E-state index contributed by atoms with van der Waals surface area (Å²) in [6, 6.07) is 4.39. The molecular weight excluding hydrogens is 265 g/mol. The summed E-state index contributed by atoms with van der Waals surface area (Å²) in [5.74, 6) is -0.762. The molecule has 0 saturated carbocycles. The zero-order valence-electron chi connectivity index (χ0n) is 10.9. The van der Waals surface area contributed by atoms with Crippen molar-refractivity contribution in [2.24, 2.45) is 0 Å². The van der Waals surface area contributed by atoms with Crippen LogP contribution in [0.2, 0.25) is 0 Å². The Morgan fingerprint density at radius 2 is 2.37 bits per heavy atom. The Kier molecular flexibility index (Phi) is 4.82. The Bertz CT molecular complexity index is 467. The molecule has 1 atom stereocenters. The lowest BCUT2D eigenvalue weighted by molar-refractivity contribution is 0.0692. The molecule has 2 rings (SSSR count). The predicted octanol–water partition coefficient (Wildman–Crippen LogP) is 2.85. The molecule has 1 saturated heterocycles. The van der Waals surface area contributed by atoms with E-state index in [0.717, 1.165) is 30.8 Å². The highest BCUT2D eigenvalue weighted by atomic mass is 32.2. The summed E-state index contributed by atoms with van der Waals surface area (Å²) in [4.78, 5) is 13.1. The lowest BCUT2D eigenvalue weighted by Crippen LogP contribution is -2.37. The highest BCUT2D eigenvalue weighted by Crippen LogP contribution is 2.22. The summed E-state index contributed by atoms with van der Waals surface area (Å²) < 4.78 is 13.6. The number of rotatable bonds is 4. The molecule has 0 radical (unpaired) electrons. The second-order valence-corrected chi connectivity index (χ2v) is 6.16. The fourth-order valence-electron chi connectivity index (χ4n) is 2.26. The van der Waals surface area contributed by atoms with Crippen LogP contribution >= 0.6 is 11.8 Å². The predicted molar refractivity (Wildman–Crippen MR) is 75.2 cm³/mol. The number of benzene rings is 1. The zero-order valence-corrected chi connectivity index (χ0v) is 11.8. The molecule has 1 aliphatic heterocycles. The molecule has 19 heavy (non-hydrogen) atoms. The van der Waals surface area contributed by atoms with Crippen molar-refractivity contribution in [2.45, 2.75) is 25.1 Å². The average Bonchev–Trinajstić information content (AvgIpc) is 2.38. The summed E-state index contributed by atoms with van der Waals surface area (Å²) >= 11 is 1.99.